The van der Waals surface area contributed by atoms with Crippen LogP contribution >= 0.6 is 23.2 Å². The molecular weight excluding hydrogens is 410 g/mol. The average Bonchev–Trinajstić information content (AvgIpc) is 2.41. The number of halogens is 4. The van der Waals surface area contributed by atoms with E-state index in [9.17, 15) is 10.2 Å². The zero-order valence-corrected chi connectivity index (χ0v) is 19.1. The molecule has 0 radical (unpaired) electrons. The highest BCUT2D eigenvalue weighted by Crippen LogP contribution is 2.09. The van der Waals surface area contributed by atoms with E-state index in [1.54, 1.807) is 0 Å². The van der Waals surface area contributed by atoms with Crippen LogP contribution in [0.1, 0.15) is 6.92 Å². The van der Waals surface area contributed by atoms with E-state index in [2.05, 4.69) is 35.1 Å². The molecule has 3 unspecified atom stereocenters. The van der Waals surface area contributed by atoms with Crippen LogP contribution in [0, 0.1) is 5.92 Å². The quantitative estimate of drug-likeness (QED) is 0.169. The molecule has 0 bridgehead atoms. The van der Waals surface area contributed by atoms with E-state index in [4.69, 9.17) is 27.9 Å². The topological polar surface area (TPSA) is 49.7 Å². The molecule has 0 heterocycles. The van der Waals surface area contributed by atoms with Gasteiger partial charge in [-0.2, -0.15) is 0 Å². The van der Waals surface area contributed by atoms with Crippen LogP contribution in [0.3, 0.4) is 0 Å². The van der Waals surface area contributed by atoms with Gasteiger partial charge in [-0.3, -0.25) is 0 Å². The molecule has 3 atom stereocenters. The molecule has 0 fully saturated rings. The standard InChI is InChI=1S/C16H36Cl2N2O3.2ClH/c1-14(10-20(4,5)12-16(22)9-18)13-23-7-6-19(2,3)11-15(21)8-17;;/h14-16,21-22H,6-13H2,1-5H3;2*1H/q+2;;/p-2. The maximum Gasteiger partial charge on any atom is 0.116 e. The summed E-state index contributed by atoms with van der Waals surface area (Å²) in [6.07, 6.45) is -0.941. The van der Waals surface area contributed by atoms with Crippen LogP contribution in [0.25, 0.3) is 0 Å². The first kappa shape index (κ1) is 30.7. The predicted molar refractivity (Wildman–Crippen MR) is 97.1 cm³/mol. The Balaban J connectivity index is -0.00000242. The van der Waals surface area contributed by atoms with E-state index in [1.807, 2.05) is 0 Å². The van der Waals surface area contributed by atoms with E-state index < -0.39 is 12.2 Å². The normalized spacial score (nSPS) is 15.7. The van der Waals surface area contributed by atoms with Gasteiger partial charge >= 0.3 is 0 Å². The van der Waals surface area contributed by atoms with Gasteiger partial charge in [0, 0.05) is 5.92 Å². The second kappa shape index (κ2) is 14.9. The number of aliphatic hydroxyl groups excluding tert-OH is 2. The van der Waals surface area contributed by atoms with Crippen molar-refractivity contribution in [1.29, 1.82) is 0 Å². The number of alkyl halides is 2. The predicted octanol–water partition coefficient (Wildman–Crippen LogP) is -5.00. The monoisotopic (exact) mass is 444 g/mol. The number of likely N-dealkylation sites (N-methyl/N-ethyl adjacent to an activating group) is 2. The lowest BCUT2D eigenvalue weighted by Crippen LogP contribution is -3.00. The lowest BCUT2D eigenvalue weighted by Gasteiger charge is -2.34. The molecule has 156 valence electrons. The molecule has 0 aromatic heterocycles. The lowest BCUT2D eigenvalue weighted by atomic mass is 10.1. The number of quaternary nitrogens is 2. The third-order valence-corrected chi connectivity index (χ3v) is 4.53. The molecule has 5 nitrogen and oxygen atoms in total. The number of hydrogen-bond donors (Lipinski definition) is 2. The molecular formula is C16H36Cl4N2O3. The summed E-state index contributed by atoms with van der Waals surface area (Å²) in [6, 6.07) is 0. The van der Waals surface area contributed by atoms with Gasteiger partial charge in [-0.05, 0) is 0 Å². The average molecular weight is 446 g/mol. The summed E-state index contributed by atoms with van der Waals surface area (Å²) >= 11 is 11.3. The van der Waals surface area contributed by atoms with Crippen molar-refractivity contribution in [2.45, 2.75) is 19.1 Å². The van der Waals surface area contributed by atoms with Crippen LogP contribution in [0.5, 0.6) is 0 Å². The lowest BCUT2D eigenvalue weighted by molar-refractivity contribution is -0.896. The number of nitrogens with zero attached hydrogens (tertiary/aromatic N) is 2. The maximum atomic E-state index is 9.69. The van der Waals surface area contributed by atoms with Gasteiger partial charge < -0.3 is 48.7 Å². The molecule has 0 aliphatic rings. The molecule has 2 N–H and O–H groups in total. The van der Waals surface area contributed by atoms with Gasteiger partial charge in [0.25, 0.3) is 0 Å². The van der Waals surface area contributed by atoms with Crippen molar-refractivity contribution in [3.05, 3.63) is 0 Å². The Morgan fingerprint density at radius 3 is 1.72 bits per heavy atom. The molecule has 0 saturated heterocycles. The van der Waals surface area contributed by atoms with E-state index in [1.165, 1.54) is 0 Å². The zero-order valence-electron chi connectivity index (χ0n) is 16.1. The molecule has 0 aromatic carbocycles. The van der Waals surface area contributed by atoms with Gasteiger partial charge in [0.15, 0.2) is 0 Å². The molecule has 25 heavy (non-hydrogen) atoms. The van der Waals surface area contributed by atoms with E-state index in [-0.39, 0.29) is 36.6 Å². The van der Waals surface area contributed by atoms with E-state index in [0.717, 1.165) is 17.6 Å². The van der Waals surface area contributed by atoms with Crippen LogP contribution in [0.2, 0.25) is 0 Å². The Kier molecular flexibility index (Phi) is 18.3. The van der Waals surface area contributed by atoms with Gasteiger partial charge in [0.2, 0.25) is 0 Å². The van der Waals surface area contributed by atoms with Crippen molar-refractivity contribution < 1.29 is 48.7 Å². The first-order valence-corrected chi connectivity index (χ1v) is 9.28. The van der Waals surface area contributed by atoms with Crippen molar-refractivity contribution in [2.24, 2.45) is 5.92 Å². The fourth-order valence-electron chi connectivity index (χ4n) is 2.90. The van der Waals surface area contributed by atoms with E-state index >= 15 is 0 Å². The first-order valence-electron chi connectivity index (χ1n) is 8.21. The van der Waals surface area contributed by atoms with Crippen molar-refractivity contribution >= 4 is 23.2 Å². The highest BCUT2D eigenvalue weighted by molar-refractivity contribution is 6.18. The molecule has 0 aromatic rings. The summed E-state index contributed by atoms with van der Waals surface area (Å²) in [4.78, 5) is 0. The molecule has 0 rings (SSSR count). The summed E-state index contributed by atoms with van der Waals surface area (Å²) in [5.74, 6) is 0.936. The molecule has 0 saturated carbocycles. The zero-order chi connectivity index (χ0) is 18.1. The van der Waals surface area contributed by atoms with Crippen molar-refractivity contribution in [1.82, 2.24) is 0 Å². The Hall–Kier alpha value is 0.960. The van der Waals surface area contributed by atoms with Crippen LogP contribution in [-0.4, -0.2) is 111 Å². The van der Waals surface area contributed by atoms with Crippen molar-refractivity contribution in [3.63, 3.8) is 0 Å². The van der Waals surface area contributed by atoms with Crippen molar-refractivity contribution in [2.75, 3.05) is 79.3 Å². The highest BCUT2D eigenvalue weighted by Gasteiger charge is 2.24. The Morgan fingerprint density at radius 1 is 0.840 bits per heavy atom. The molecule has 0 aliphatic heterocycles. The SMILES string of the molecule is CC(COCC[N+](C)(C)CC(O)CCl)C[N+](C)(C)CC(O)CCl.[Cl-].[Cl-]. The minimum atomic E-state index is -0.475. The second-order valence-corrected chi connectivity index (χ2v) is 8.56. The van der Waals surface area contributed by atoms with Crippen LogP contribution in [0.4, 0.5) is 0 Å². The summed E-state index contributed by atoms with van der Waals surface area (Å²) in [7, 11) is 8.33. The number of ether oxygens (including phenoxy) is 1. The highest BCUT2D eigenvalue weighted by atomic mass is 35.5. The van der Waals surface area contributed by atoms with Gasteiger partial charge in [-0.1, -0.05) is 6.92 Å². The molecule has 9 heteroatoms. The Morgan fingerprint density at radius 2 is 1.28 bits per heavy atom. The van der Waals surface area contributed by atoms with Gasteiger partial charge in [-0.15, -0.1) is 23.2 Å². The third-order valence-electron chi connectivity index (χ3n) is 3.82. The fraction of sp³-hybridized carbons (Fsp3) is 1.00. The van der Waals surface area contributed by atoms with Crippen LogP contribution in [-0.2, 0) is 4.74 Å². The minimum Gasteiger partial charge on any atom is -1.00 e. The van der Waals surface area contributed by atoms with Crippen LogP contribution < -0.4 is 24.8 Å². The smallest absolute Gasteiger partial charge is 0.116 e. The second-order valence-electron chi connectivity index (χ2n) is 7.94. The summed E-state index contributed by atoms with van der Waals surface area (Å²) in [6.45, 7) is 6.54. The Bertz CT molecular complexity index is 324. The number of hydrogen-bond acceptors (Lipinski definition) is 3. The minimum absolute atomic E-state index is 0. The first-order chi connectivity index (χ1) is 10.5. The molecule has 0 amide bonds. The molecule has 0 aliphatic carbocycles. The summed E-state index contributed by atoms with van der Waals surface area (Å²) in [5, 5.41) is 19.3. The summed E-state index contributed by atoms with van der Waals surface area (Å²) in [5.41, 5.74) is 0. The maximum absolute atomic E-state index is 9.69. The van der Waals surface area contributed by atoms with Gasteiger partial charge in [0.05, 0.1) is 59.7 Å². The van der Waals surface area contributed by atoms with Crippen LogP contribution in [0.15, 0.2) is 0 Å². The van der Waals surface area contributed by atoms with E-state index in [0.29, 0.717) is 36.7 Å². The number of aliphatic hydroxyl groups is 2. The molecule has 0 spiro atoms. The van der Waals surface area contributed by atoms with Gasteiger partial charge in [0.1, 0.15) is 31.8 Å². The van der Waals surface area contributed by atoms with Crippen molar-refractivity contribution in [3.8, 4) is 0 Å². The van der Waals surface area contributed by atoms with Gasteiger partial charge in [-0.25, -0.2) is 0 Å². The summed E-state index contributed by atoms with van der Waals surface area (Å²) < 4.78 is 7.21. The third kappa shape index (κ3) is 16.8. The fourth-order valence-corrected chi connectivity index (χ4v) is 3.09. The largest absolute Gasteiger partial charge is 1.00 e. The number of rotatable bonds is 13. The Labute approximate surface area is 176 Å².